The second kappa shape index (κ2) is 8.86. The van der Waals surface area contributed by atoms with Gasteiger partial charge in [-0.1, -0.05) is 54.6 Å². The highest BCUT2D eigenvalue weighted by Crippen LogP contribution is 2.36. The molecule has 0 radical (unpaired) electrons. The Kier molecular flexibility index (Phi) is 5.96. The molecule has 168 valence electrons. The summed E-state index contributed by atoms with van der Waals surface area (Å²) < 4.78 is 39.1. The van der Waals surface area contributed by atoms with Crippen molar-refractivity contribution in [1.29, 1.82) is 0 Å². The third-order valence-corrected chi connectivity index (χ3v) is 5.51. The number of phenols is 1. The first-order valence-corrected chi connectivity index (χ1v) is 10.3. The summed E-state index contributed by atoms with van der Waals surface area (Å²) in [5.74, 6) is -0.473. The molecule has 1 heterocycles. The zero-order valence-electron chi connectivity index (χ0n) is 17.5. The maximum atomic E-state index is 13.0. The van der Waals surface area contributed by atoms with Crippen LogP contribution in [0.4, 0.5) is 13.2 Å². The summed E-state index contributed by atoms with van der Waals surface area (Å²) in [5, 5.41) is 9.51. The SMILES string of the molecule is NC(=O)c1c(-c2ccccc2)[nH]c(-c2ccc(C(F)(F)F)cc2)c1CCc1ccc(O)cc1. The first kappa shape index (κ1) is 22.2. The van der Waals surface area contributed by atoms with Crippen LogP contribution in [0.15, 0.2) is 78.9 Å². The van der Waals surface area contributed by atoms with Gasteiger partial charge in [-0.25, -0.2) is 0 Å². The number of phenolic OH excluding ortho intramolecular Hbond substituents is 1. The smallest absolute Gasteiger partial charge is 0.416 e. The minimum atomic E-state index is -4.44. The van der Waals surface area contributed by atoms with Crippen LogP contribution < -0.4 is 5.73 Å². The third kappa shape index (κ3) is 4.77. The molecule has 7 heteroatoms. The molecule has 4 nitrogen and oxygen atoms in total. The van der Waals surface area contributed by atoms with Crippen molar-refractivity contribution in [2.45, 2.75) is 19.0 Å². The molecule has 0 spiro atoms. The van der Waals surface area contributed by atoms with Crippen LogP contribution in [0, 0.1) is 0 Å². The average Bonchev–Trinajstić information content (AvgIpc) is 3.19. The Hall–Kier alpha value is -4.00. The van der Waals surface area contributed by atoms with E-state index in [1.54, 1.807) is 24.3 Å². The van der Waals surface area contributed by atoms with Gasteiger partial charge in [0.1, 0.15) is 5.75 Å². The third-order valence-electron chi connectivity index (χ3n) is 5.51. The molecule has 1 amide bonds. The van der Waals surface area contributed by atoms with Crippen molar-refractivity contribution >= 4 is 5.91 Å². The van der Waals surface area contributed by atoms with Gasteiger partial charge >= 0.3 is 6.18 Å². The van der Waals surface area contributed by atoms with Crippen LogP contribution in [0.3, 0.4) is 0 Å². The Balaban J connectivity index is 1.83. The lowest BCUT2D eigenvalue weighted by Crippen LogP contribution is -2.14. The number of aromatic amines is 1. The van der Waals surface area contributed by atoms with Crippen LogP contribution in [0.2, 0.25) is 0 Å². The number of carbonyl (C=O) groups is 1. The Bertz CT molecular complexity index is 1260. The van der Waals surface area contributed by atoms with Crippen LogP contribution in [0.1, 0.15) is 27.0 Å². The summed E-state index contributed by atoms with van der Waals surface area (Å²) in [6.45, 7) is 0. The maximum absolute atomic E-state index is 13.0. The lowest BCUT2D eigenvalue weighted by molar-refractivity contribution is -0.137. The number of hydrogen-bond acceptors (Lipinski definition) is 2. The molecule has 0 fully saturated rings. The molecule has 4 rings (SSSR count). The van der Waals surface area contributed by atoms with Gasteiger partial charge in [0.25, 0.3) is 5.91 Å². The number of benzene rings is 3. The van der Waals surface area contributed by atoms with Gasteiger partial charge in [0, 0.05) is 5.69 Å². The Morgan fingerprint density at radius 1 is 0.818 bits per heavy atom. The van der Waals surface area contributed by atoms with Crippen molar-refractivity contribution in [3.05, 3.63) is 101 Å². The second-order valence-corrected chi connectivity index (χ2v) is 7.70. The van der Waals surface area contributed by atoms with Crippen LogP contribution >= 0.6 is 0 Å². The van der Waals surface area contributed by atoms with Crippen LogP contribution in [0.25, 0.3) is 22.5 Å². The molecule has 0 atom stereocenters. The fourth-order valence-corrected chi connectivity index (χ4v) is 3.89. The number of amides is 1. The number of nitrogens with two attached hydrogens (primary N) is 1. The second-order valence-electron chi connectivity index (χ2n) is 7.70. The van der Waals surface area contributed by atoms with E-state index in [1.807, 2.05) is 30.3 Å². The van der Waals surface area contributed by atoms with E-state index in [2.05, 4.69) is 4.98 Å². The number of hydrogen-bond donors (Lipinski definition) is 3. The van der Waals surface area contributed by atoms with Gasteiger partial charge in [-0.05, 0) is 59.4 Å². The number of halogens is 3. The van der Waals surface area contributed by atoms with Crippen molar-refractivity contribution in [3.8, 4) is 28.3 Å². The van der Waals surface area contributed by atoms with Crippen LogP contribution in [-0.4, -0.2) is 16.0 Å². The minimum Gasteiger partial charge on any atom is -0.508 e. The van der Waals surface area contributed by atoms with Gasteiger partial charge in [0.2, 0.25) is 0 Å². The van der Waals surface area contributed by atoms with E-state index in [9.17, 15) is 23.1 Å². The van der Waals surface area contributed by atoms with E-state index in [4.69, 9.17) is 5.73 Å². The van der Waals surface area contributed by atoms with E-state index in [1.165, 1.54) is 12.1 Å². The van der Waals surface area contributed by atoms with E-state index in [-0.39, 0.29) is 5.75 Å². The molecule has 0 saturated heterocycles. The van der Waals surface area contributed by atoms with Crippen molar-refractivity contribution in [1.82, 2.24) is 4.98 Å². The summed E-state index contributed by atoms with van der Waals surface area (Å²) in [6, 6.07) is 20.7. The van der Waals surface area contributed by atoms with E-state index in [0.29, 0.717) is 40.9 Å². The van der Waals surface area contributed by atoms with Crippen molar-refractivity contribution in [2.24, 2.45) is 5.73 Å². The quantitative estimate of drug-likeness (QED) is 0.339. The molecule has 3 aromatic carbocycles. The van der Waals surface area contributed by atoms with Crippen LogP contribution in [0.5, 0.6) is 5.75 Å². The molecule has 0 unspecified atom stereocenters. The fourth-order valence-electron chi connectivity index (χ4n) is 3.89. The normalized spacial score (nSPS) is 11.5. The topological polar surface area (TPSA) is 79.1 Å². The van der Waals surface area contributed by atoms with Crippen molar-refractivity contribution in [3.63, 3.8) is 0 Å². The first-order chi connectivity index (χ1) is 15.7. The summed E-state index contributed by atoms with van der Waals surface area (Å²) in [7, 11) is 0. The highest BCUT2D eigenvalue weighted by atomic mass is 19.4. The zero-order valence-corrected chi connectivity index (χ0v) is 17.5. The average molecular weight is 450 g/mol. The monoisotopic (exact) mass is 450 g/mol. The molecular formula is C26H21F3N2O2. The van der Waals surface area contributed by atoms with Gasteiger partial charge < -0.3 is 15.8 Å². The molecule has 0 aliphatic heterocycles. The number of alkyl halides is 3. The highest BCUT2D eigenvalue weighted by molar-refractivity contribution is 6.03. The zero-order chi connectivity index (χ0) is 23.6. The Labute approximate surface area is 188 Å². The fraction of sp³-hybridized carbons (Fsp3) is 0.115. The number of rotatable bonds is 6. The molecule has 0 saturated carbocycles. The Morgan fingerprint density at radius 2 is 1.42 bits per heavy atom. The number of aryl methyl sites for hydroxylation is 1. The standard InChI is InChI=1S/C26H21F3N2O2/c27-26(28,29)19-11-9-18(10-12-19)23-21(15-8-16-6-13-20(32)14-7-16)22(25(30)33)24(31-23)17-4-2-1-3-5-17/h1-7,9-14,31-32H,8,15H2,(H2,30,33). The molecule has 0 aliphatic carbocycles. The number of nitrogens with one attached hydrogen (secondary N) is 1. The maximum Gasteiger partial charge on any atom is 0.416 e. The summed E-state index contributed by atoms with van der Waals surface area (Å²) in [4.78, 5) is 15.8. The molecule has 33 heavy (non-hydrogen) atoms. The van der Waals surface area contributed by atoms with Crippen molar-refractivity contribution in [2.75, 3.05) is 0 Å². The van der Waals surface area contributed by atoms with Crippen molar-refractivity contribution < 1.29 is 23.1 Å². The van der Waals surface area contributed by atoms with E-state index < -0.39 is 17.6 Å². The lowest BCUT2D eigenvalue weighted by atomic mass is 9.95. The van der Waals surface area contributed by atoms with Gasteiger partial charge in [-0.15, -0.1) is 0 Å². The molecule has 0 bridgehead atoms. The largest absolute Gasteiger partial charge is 0.508 e. The molecule has 0 aliphatic rings. The number of carbonyl (C=O) groups excluding carboxylic acids is 1. The number of aromatic hydroxyl groups is 1. The molecule has 4 N–H and O–H groups in total. The van der Waals surface area contributed by atoms with Gasteiger partial charge in [-0.2, -0.15) is 13.2 Å². The van der Waals surface area contributed by atoms with Gasteiger partial charge in [-0.3, -0.25) is 4.79 Å². The number of H-pyrrole nitrogens is 1. The molecular weight excluding hydrogens is 429 g/mol. The van der Waals surface area contributed by atoms with E-state index in [0.717, 1.165) is 23.3 Å². The van der Waals surface area contributed by atoms with Gasteiger partial charge in [0.05, 0.1) is 16.8 Å². The summed E-state index contributed by atoms with van der Waals surface area (Å²) in [6.07, 6.45) is -3.48. The highest BCUT2D eigenvalue weighted by Gasteiger charge is 2.30. The summed E-state index contributed by atoms with van der Waals surface area (Å²) >= 11 is 0. The van der Waals surface area contributed by atoms with Gasteiger partial charge in [0.15, 0.2) is 0 Å². The Morgan fingerprint density at radius 3 is 2.00 bits per heavy atom. The predicted octanol–water partition coefficient (Wildman–Crippen LogP) is 5.96. The van der Waals surface area contributed by atoms with E-state index >= 15 is 0 Å². The first-order valence-electron chi connectivity index (χ1n) is 10.3. The molecule has 1 aromatic heterocycles. The summed E-state index contributed by atoms with van der Waals surface area (Å²) in [5.41, 5.74) is 9.25. The molecule has 4 aromatic rings. The predicted molar refractivity (Wildman–Crippen MR) is 121 cm³/mol. The number of primary amides is 1. The lowest BCUT2D eigenvalue weighted by Gasteiger charge is -2.10. The minimum absolute atomic E-state index is 0.148. The number of aromatic nitrogens is 1. The van der Waals surface area contributed by atoms with Crippen LogP contribution in [-0.2, 0) is 19.0 Å².